The Hall–Kier alpha value is -1.29. The average Bonchev–Trinajstić information content (AvgIpc) is 2.37. The molecule has 0 spiro atoms. The van der Waals surface area contributed by atoms with Gasteiger partial charge in [0.25, 0.3) is 0 Å². The molecule has 0 aliphatic carbocycles. The van der Waals surface area contributed by atoms with Crippen molar-refractivity contribution < 1.29 is 8.42 Å². The molecule has 1 aliphatic heterocycles. The van der Waals surface area contributed by atoms with Crippen molar-refractivity contribution in [3.8, 4) is 0 Å². The van der Waals surface area contributed by atoms with Gasteiger partial charge in [0.1, 0.15) is 5.37 Å². The lowest BCUT2D eigenvalue weighted by molar-refractivity contribution is 0.582. The average molecular weight is 318 g/mol. The van der Waals surface area contributed by atoms with E-state index in [0.717, 1.165) is 5.75 Å². The van der Waals surface area contributed by atoms with Gasteiger partial charge in [-0.2, -0.15) is 26.7 Å². The van der Waals surface area contributed by atoms with E-state index in [-0.39, 0.29) is 5.95 Å². The summed E-state index contributed by atoms with van der Waals surface area (Å²) in [7, 11) is 0.362. The summed E-state index contributed by atoms with van der Waals surface area (Å²) in [5, 5.41) is -0.627. The molecule has 2 N–H and O–H groups in total. The molecule has 1 aliphatic rings. The summed E-state index contributed by atoms with van der Waals surface area (Å²) in [6, 6.07) is 0. The lowest BCUT2D eigenvalue weighted by Crippen LogP contribution is -2.48. The number of anilines is 3. The predicted molar refractivity (Wildman–Crippen MR) is 81.9 cm³/mol. The summed E-state index contributed by atoms with van der Waals surface area (Å²) >= 11 is 1.61. The van der Waals surface area contributed by atoms with Crippen molar-refractivity contribution in [1.29, 1.82) is 0 Å². The first-order valence-corrected chi connectivity index (χ1v) is 9.12. The van der Waals surface area contributed by atoms with Gasteiger partial charge in [-0.15, -0.1) is 0 Å². The molecule has 0 saturated carbocycles. The number of rotatable bonds is 3. The summed E-state index contributed by atoms with van der Waals surface area (Å²) in [6.07, 6.45) is 1.23. The molecule has 1 unspecified atom stereocenters. The van der Waals surface area contributed by atoms with Gasteiger partial charge in [0.2, 0.25) is 17.8 Å². The van der Waals surface area contributed by atoms with E-state index in [1.165, 1.54) is 6.26 Å². The first-order valence-electron chi connectivity index (χ1n) is 6.01. The van der Waals surface area contributed by atoms with Crippen LogP contribution in [0.25, 0.3) is 0 Å². The second-order valence-electron chi connectivity index (χ2n) is 4.74. The Balaban J connectivity index is 2.42. The van der Waals surface area contributed by atoms with Crippen LogP contribution >= 0.6 is 11.8 Å². The van der Waals surface area contributed by atoms with E-state index in [1.54, 1.807) is 35.7 Å². The second kappa shape index (κ2) is 5.60. The highest BCUT2D eigenvalue weighted by Gasteiger charge is 2.33. The van der Waals surface area contributed by atoms with Gasteiger partial charge in [0.15, 0.2) is 9.84 Å². The number of hydrogen-bond acceptors (Lipinski definition) is 9. The Kier molecular flexibility index (Phi) is 4.23. The Morgan fingerprint density at radius 3 is 2.65 bits per heavy atom. The number of sulfone groups is 1. The molecule has 20 heavy (non-hydrogen) atoms. The van der Waals surface area contributed by atoms with Gasteiger partial charge in [-0.1, -0.05) is 0 Å². The Morgan fingerprint density at radius 1 is 1.35 bits per heavy atom. The zero-order valence-corrected chi connectivity index (χ0v) is 13.3. The molecule has 8 nitrogen and oxygen atoms in total. The van der Waals surface area contributed by atoms with Crippen LogP contribution in [0.5, 0.6) is 0 Å². The standard InChI is InChI=1S/C10H18N6O2S2/c1-15(2)9-12-8(11)13-10(14-9)16-4-5-19-6-7(16)20(3,17)18/h7H,4-6H2,1-3H3,(H2,11,12,13,14). The van der Waals surface area contributed by atoms with E-state index in [0.29, 0.717) is 24.2 Å². The largest absolute Gasteiger partial charge is 0.368 e. The first-order chi connectivity index (χ1) is 9.29. The fourth-order valence-corrected chi connectivity index (χ4v) is 4.68. The highest BCUT2D eigenvalue weighted by molar-refractivity contribution is 8.01. The van der Waals surface area contributed by atoms with Crippen molar-refractivity contribution in [2.24, 2.45) is 0 Å². The third-order valence-electron chi connectivity index (χ3n) is 2.86. The molecule has 1 saturated heterocycles. The third kappa shape index (κ3) is 3.23. The van der Waals surface area contributed by atoms with Crippen molar-refractivity contribution >= 4 is 39.4 Å². The lowest BCUT2D eigenvalue weighted by Gasteiger charge is -2.34. The zero-order valence-electron chi connectivity index (χ0n) is 11.6. The van der Waals surface area contributed by atoms with E-state index in [4.69, 9.17) is 5.73 Å². The van der Waals surface area contributed by atoms with Crippen molar-refractivity contribution in [1.82, 2.24) is 15.0 Å². The number of thioether (sulfide) groups is 1. The SMILES string of the molecule is CN(C)c1nc(N)nc(N2CCSCC2S(C)(=O)=O)n1. The molecular weight excluding hydrogens is 300 g/mol. The minimum Gasteiger partial charge on any atom is -0.368 e. The summed E-state index contributed by atoms with van der Waals surface area (Å²) < 4.78 is 23.8. The molecule has 0 aromatic carbocycles. The molecule has 1 atom stereocenters. The minimum absolute atomic E-state index is 0.0872. The number of aromatic nitrogens is 3. The number of nitrogens with two attached hydrogens (primary N) is 1. The molecule has 2 rings (SSSR count). The van der Waals surface area contributed by atoms with E-state index >= 15 is 0 Å². The van der Waals surface area contributed by atoms with Gasteiger partial charge in [-0.3, -0.25) is 0 Å². The van der Waals surface area contributed by atoms with Crippen LogP contribution in [-0.4, -0.2) is 67.1 Å². The molecule has 10 heteroatoms. The summed E-state index contributed by atoms with van der Waals surface area (Å²) in [5.74, 6) is 2.15. The van der Waals surface area contributed by atoms with E-state index in [2.05, 4.69) is 15.0 Å². The van der Waals surface area contributed by atoms with Crippen LogP contribution in [0.4, 0.5) is 17.8 Å². The molecule has 0 bridgehead atoms. The summed E-state index contributed by atoms with van der Waals surface area (Å²) in [5.41, 5.74) is 5.69. The van der Waals surface area contributed by atoms with E-state index in [1.807, 2.05) is 0 Å². The monoisotopic (exact) mass is 318 g/mol. The molecule has 0 amide bonds. The van der Waals surface area contributed by atoms with Gasteiger partial charge >= 0.3 is 0 Å². The van der Waals surface area contributed by atoms with Crippen LogP contribution < -0.4 is 15.5 Å². The maximum absolute atomic E-state index is 11.9. The van der Waals surface area contributed by atoms with Crippen LogP contribution in [0.2, 0.25) is 0 Å². The van der Waals surface area contributed by atoms with Crippen molar-refractivity contribution in [3.05, 3.63) is 0 Å². The predicted octanol–water partition coefficient (Wildman–Crippen LogP) is -0.556. The quantitative estimate of drug-likeness (QED) is 0.785. The fraction of sp³-hybridized carbons (Fsp3) is 0.700. The molecule has 112 valence electrons. The van der Waals surface area contributed by atoms with Gasteiger partial charge in [0, 0.05) is 38.4 Å². The van der Waals surface area contributed by atoms with Crippen molar-refractivity contribution in [2.45, 2.75) is 5.37 Å². The Labute approximate surface area is 122 Å². The second-order valence-corrected chi connectivity index (χ2v) is 8.09. The maximum atomic E-state index is 11.9. The lowest BCUT2D eigenvalue weighted by atomic mass is 10.5. The van der Waals surface area contributed by atoms with Crippen LogP contribution in [0.15, 0.2) is 0 Å². The molecule has 1 aromatic heterocycles. The molecule has 1 fully saturated rings. The summed E-state index contributed by atoms with van der Waals surface area (Å²) in [6.45, 7) is 0.568. The normalized spacial score (nSPS) is 19.9. The third-order valence-corrected chi connectivity index (χ3v) is 5.51. The minimum atomic E-state index is -3.22. The number of nitrogens with zero attached hydrogens (tertiary/aromatic N) is 5. The van der Waals surface area contributed by atoms with Crippen molar-refractivity contribution in [3.63, 3.8) is 0 Å². The van der Waals surface area contributed by atoms with Crippen LogP contribution in [0.1, 0.15) is 0 Å². The van der Waals surface area contributed by atoms with Crippen LogP contribution in [-0.2, 0) is 9.84 Å². The number of hydrogen-bond donors (Lipinski definition) is 1. The van der Waals surface area contributed by atoms with Gasteiger partial charge in [0.05, 0.1) is 0 Å². The molecule has 2 heterocycles. The van der Waals surface area contributed by atoms with Gasteiger partial charge in [-0.05, 0) is 0 Å². The Bertz CT molecular complexity index is 591. The first kappa shape index (κ1) is 15.1. The highest BCUT2D eigenvalue weighted by Crippen LogP contribution is 2.25. The van der Waals surface area contributed by atoms with Crippen LogP contribution in [0, 0.1) is 0 Å². The maximum Gasteiger partial charge on any atom is 0.233 e. The van der Waals surface area contributed by atoms with E-state index in [9.17, 15) is 8.42 Å². The molecule has 0 radical (unpaired) electrons. The van der Waals surface area contributed by atoms with Gasteiger partial charge in [-0.25, -0.2) is 8.42 Å². The molecular formula is C10H18N6O2S2. The smallest absolute Gasteiger partial charge is 0.233 e. The van der Waals surface area contributed by atoms with Gasteiger partial charge < -0.3 is 15.5 Å². The number of nitrogen functional groups attached to an aromatic ring is 1. The van der Waals surface area contributed by atoms with Crippen molar-refractivity contribution in [2.75, 3.05) is 53.9 Å². The van der Waals surface area contributed by atoms with E-state index < -0.39 is 15.2 Å². The molecule has 1 aromatic rings. The Morgan fingerprint density at radius 2 is 2.05 bits per heavy atom. The highest BCUT2D eigenvalue weighted by atomic mass is 32.2. The van der Waals surface area contributed by atoms with Crippen LogP contribution in [0.3, 0.4) is 0 Å². The topological polar surface area (TPSA) is 105 Å². The summed E-state index contributed by atoms with van der Waals surface area (Å²) in [4.78, 5) is 15.8. The zero-order chi connectivity index (χ0) is 14.9. The fourth-order valence-electron chi connectivity index (χ4n) is 1.86.